The molecule has 2 aromatic rings. The van der Waals surface area contributed by atoms with Crippen LogP contribution in [-0.2, 0) is 0 Å². The highest BCUT2D eigenvalue weighted by molar-refractivity contribution is 6.20. The van der Waals surface area contributed by atoms with Crippen LogP contribution < -0.4 is 4.74 Å². The van der Waals surface area contributed by atoms with Crippen molar-refractivity contribution in [3.8, 4) is 5.88 Å². The lowest BCUT2D eigenvalue weighted by molar-refractivity contribution is 0.401. The lowest BCUT2D eigenvalue weighted by Crippen LogP contribution is -2.04. The molecule has 0 N–H and O–H groups in total. The number of hydrogen-bond acceptors (Lipinski definition) is 4. The van der Waals surface area contributed by atoms with Gasteiger partial charge in [0.25, 0.3) is 0 Å². The molecule has 0 saturated heterocycles. The van der Waals surface area contributed by atoms with E-state index in [1.165, 1.54) is 6.33 Å². The van der Waals surface area contributed by atoms with Gasteiger partial charge in [0.15, 0.2) is 11.2 Å². The van der Waals surface area contributed by atoms with Crippen molar-refractivity contribution in [2.45, 2.75) is 31.7 Å². The Morgan fingerprint density at radius 1 is 1.50 bits per heavy atom. The molecule has 2 heterocycles. The monoisotopic (exact) mass is 266 g/mol. The molecule has 6 heteroatoms. The van der Waals surface area contributed by atoms with Gasteiger partial charge in [-0.1, -0.05) is 6.92 Å². The number of aromatic nitrogens is 4. The van der Waals surface area contributed by atoms with Gasteiger partial charge in [0, 0.05) is 6.04 Å². The number of halogens is 1. The fourth-order valence-electron chi connectivity index (χ4n) is 2.32. The number of methoxy groups -OCH3 is 1. The predicted molar refractivity (Wildman–Crippen MR) is 69.0 cm³/mol. The molecule has 3 rings (SSSR count). The quantitative estimate of drug-likeness (QED) is 0.802. The van der Waals surface area contributed by atoms with Crippen LogP contribution in [0.25, 0.3) is 11.2 Å². The van der Waals surface area contributed by atoms with E-state index in [1.54, 1.807) is 7.11 Å². The average molecular weight is 267 g/mol. The second-order valence-electron chi connectivity index (χ2n) is 4.79. The van der Waals surface area contributed by atoms with Crippen molar-refractivity contribution in [2.75, 3.05) is 7.11 Å². The molecule has 1 aliphatic carbocycles. The Hall–Kier alpha value is -1.36. The van der Waals surface area contributed by atoms with E-state index in [2.05, 4.69) is 26.4 Å². The number of rotatable bonds is 3. The van der Waals surface area contributed by atoms with E-state index < -0.39 is 0 Å². The van der Waals surface area contributed by atoms with E-state index in [1.807, 2.05) is 6.92 Å². The second kappa shape index (κ2) is 4.09. The van der Waals surface area contributed by atoms with Crippen LogP contribution in [-0.4, -0.2) is 26.6 Å². The molecule has 0 aromatic carbocycles. The Balaban J connectivity index is 2.26. The summed E-state index contributed by atoms with van der Waals surface area (Å²) in [5, 5.41) is -0.156. The highest BCUT2D eigenvalue weighted by Gasteiger charge is 2.38. The first-order chi connectivity index (χ1) is 8.63. The summed E-state index contributed by atoms with van der Waals surface area (Å²) in [5.41, 5.74) is 1.51. The molecule has 18 heavy (non-hydrogen) atoms. The van der Waals surface area contributed by atoms with Gasteiger partial charge in [-0.15, -0.1) is 11.6 Å². The van der Waals surface area contributed by atoms with Gasteiger partial charge >= 0.3 is 0 Å². The zero-order valence-electron chi connectivity index (χ0n) is 10.6. The van der Waals surface area contributed by atoms with Crippen LogP contribution in [0.2, 0.25) is 0 Å². The maximum Gasteiger partial charge on any atom is 0.245 e. The smallest absolute Gasteiger partial charge is 0.245 e. The Kier molecular flexibility index (Phi) is 2.66. The molecule has 0 bridgehead atoms. The van der Waals surface area contributed by atoms with Gasteiger partial charge < -0.3 is 9.30 Å². The summed E-state index contributed by atoms with van der Waals surface area (Å²) in [7, 11) is 1.59. The molecule has 0 amide bonds. The molecule has 5 nitrogen and oxygen atoms in total. The summed E-state index contributed by atoms with van der Waals surface area (Å²) in [6, 6.07) is 0.450. The fraction of sp³-hybridized carbons (Fsp3) is 0.583. The minimum absolute atomic E-state index is 0.156. The van der Waals surface area contributed by atoms with Crippen LogP contribution in [0.4, 0.5) is 0 Å². The van der Waals surface area contributed by atoms with Gasteiger partial charge in [-0.25, -0.2) is 9.97 Å². The molecule has 1 fully saturated rings. The van der Waals surface area contributed by atoms with Crippen LogP contribution in [0.3, 0.4) is 0 Å². The van der Waals surface area contributed by atoms with E-state index in [0.29, 0.717) is 23.4 Å². The molecule has 1 saturated carbocycles. The van der Waals surface area contributed by atoms with Crippen LogP contribution >= 0.6 is 11.6 Å². The van der Waals surface area contributed by atoms with Crippen molar-refractivity contribution >= 4 is 22.8 Å². The molecular weight excluding hydrogens is 252 g/mol. The molecule has 3 unspecified atom stereocenters. The van der Waals surface area contributed by atoms with Gasteiger partial charge in [-0.2, -0.15) is 4.98 Å². The summed E-state index contributed by atoms with van der Waals surface area (Å²) in [5.74, 6) is 2.00. The Labute approximate surface area is 110 Å². The van der Waals surface area contributed by atoms with Gasteiger partial charge in [0.05, 0.1) is 12.5 Å². The largest absolute Gasteiger partial charge is 0.479 e. The normalized spacial score (nSPS) is 24.2. The maximum atomic E-state index is 6.22. The van der Waals surface area contributed by atoms with Crippen LogP contribution in [0, 0.1) is 5.92 Å². The molecule has 2 aromatic heterocycles. The third-order valence-corrected chi connectivity index (χ3v) is 3.61. The first kappa shape index (κ1) is 11.7. The number of alkyl halides is 1. The molecule has 96 valence electrons. The number of fused-ring (bicyclic) bond motifs is 1. The standard InChI is InChI=1S/C12H15ClN4O/c1-6-4-8(6)17-10(7(2)13)16-9-11(17)14-5-15-12(9)18-3/h5-8H,4H2,1-3H3. The van der Waals surface area contributed by atoms with Gasteiger partial charge in [-0.3, -0.25) is 0 Å². The van der Waals surface area contributed by atoms with Crippen LogP contribution in [0.1, 0.15) is 37.5 Å². The van der Waals surface area contributed by atoms with Crippen LogP contribution in [0.15, 0.2) is 6.33 Å². The number of imidazole rings is 1. The lowest BCUT2D eigenvalue weighted by Gasteiger charge is -2.08. The van der Waals surface area contributed by atoms with Crippen molar-refractivity contribution in [3.63, 3.8) is 0 Å². The Morgan fingerprint density at radius 2 is 2.22 bits per heavy atom. The maximum absolute atomic E-state index is 6.22. The van der Waals surface area contributed by atoms with E-state index in [9.17, 15) is 0 Å². The third kappa shape index (κ3) is 1.65. The van der Waals surface area contributed by atoms with Crippen molar-refractivity contribution < 1.29 is 4.74 Å². The van der Waals surface area contributed by atoms with Crippen molar-refractivity contribution in [1.29, 1.82) is 0 Å². The minimum Gasteiger partial charge on any atom is -0.479 e. The molecule has 1 aliphatic rings. The third-order valence-electron chi connectivity index (χ3n) is 3.42. The number of hydrogen-bond donors (Lipinski definition) is 0. The summed E-state index contributed by atoms with van der Waals surface area (Å²) in [4.78, 5) is 13.0. The topological polar surface area (TPSA) is 52.8 Å². The van der Waals surface area contributed by atoms with Crippen molar-refractivity contribution in [1.82, 2.24) is 19.5 Å². The first-order valence-electron chi connectivity index (χ1n) is 6.04. The van der Waals surface area contributed by atoms with Crippen molar-refractivity contribution in [3.05, 3.63) is 12.2 Å². The van der Waals surface area contributed by atoms with Gasteiger partial charge in [0.2, 0.25) is 5.88 Å². The molecule has 0 spiro atoms. The Morgan fingerprint density at radius 3 is 2.78 bits per heavy atom. The SMILES string of the molecule is COc1ncnc2c1nc(C(C)Cl)n2C1CC1C. The molecule has 3 atom stereocenters. The summed E-state index contributed by atoms with van der Waals surface area (Å²) < 4.78 is 7.37. The van der Waals surface area contributed by atoms with Gasteiger partial charge in [0.1, 0.15) is 12.2 Å². The molecular formula is C12H15ClN4O. The summed E-state index contributed by atoms with van der Waals surface area (Å²) in [6.45, 7) is 4.14. The fourth-order valence-corrected chi connectivity index (χ4v) is 2.48. The number of nitrogens with zero attached hydrogens (tertiary/aromatic N) is 4. The zero-order valence-corrected chi connectivity index (χ0v) is 11.3. The zero-order chi connectivity index (χ0) is 12.9. The van der Waals surface area contributed by atoms with E-state index in [-0.39, 0.29) is 5.38 Å². The number of ether oxygens (including phenoxy) is 1. The predicted octanol–water partition coefficient (Wildman–Crippen LogP) is 2.72. The van der Waals surface area contributed by atoms with E-state index in [4.69, 9.17) is 16.3 Å². The van der Waals surface area contributed by atoms with Crippen molar-refractivity contribution in [2.24, 2.45) is 5.92 Å². The molecule has 0 aliphatic heterocycles. The minimum atomic E-state index is -0.156. The molecule has 0 radical (unpaired) electrons. The van der Waals surface area contributed by atoms with Crippen LogP contribution in [0.5, 0.6) is 5.88 Å². The summed E-state index contributed by atoms with van der Waals surface area (Å²) in [6.07, 6.45) is 2.66. The Bertz CT molecular complexity index is 595. The van der Waals surface area contributed by atoms with E-state index in [0.717, 1.165) is 17.9 Å². The first-order valence-corrected chi connectivity index (χ1v) is 6.48. The highest BCUT2D eigenvalue weighted by atomic mass is 35.5. The lowest BCUT2D eigenvalue weighted by atomic mass is 10.4. The summed E-state index contributed by atoms with van der Waals surface area (Å²) >= 11 is 6.22. The second-order valence-corrected chi connectivity index (χ2v) is 5.45. The average Bonchev–Trinajstić information content (AvgIpc) is 2.92. The van der Waals surface area contributed by atoms with Gasteiger partial charge in [-0.05, 0) is 19.3 Å². The van der Waals surface area contributed by atoms with E-state index >= 15 is 0 Å². The highest BCUT2D eigenvalue weighted by Crippen LogP contribution is 2.46.